The number of rotatable bonds is 7. The zero-order valence-electron chi connectivity index (χ0n) is 12.7. The van der Waals surface area contributed by atoms with Crippen molar-refractivity contribution in [2.24, 2.45) is 5.92 Å². The quantitative estimate of drug-likeness (QED) is 0.824. The third-order valence-electron chi connectivity index (χ3n) is 3.90. The van der Waals surface area contributed by atoms with E-state index in [1.165, 1.54) is 0 Å². The van der Waals surface area contributed by atoms with E-state index in [0.29, 0.717) is 25.4 Å². The Morgan fingerprint density at radius 2 is 2.29 bits per heavy atom. The van der Waals surface area contributed by atoms with Crippen LogP contribution >= 0.6 is 0 Å². The number of nitrogens with zero attached hydrogens (tertiary/aromatic N) is 2. The van der Waals surface area contributed by atoms with Crippen LogP contribution in [-0.4, -0.2) is 49.6 Å². The van der Waals surface area contributed by atoms with Crippen molar-refractivity contribution < 1.29 is 8.42 Å². The van der Waals surface area contributed by atoms with Gasteiger partial charge in [-0.25, -0.2) is 12.7 Å². The minimum atomic E-state index is -3.17. The van der Waals surface area contributed by atoms with Gasteiger partial charge in [-0.3, -0.25) is 4.98 Å². The van der Waals surface area contributed by atoms with Crippen LogP contribution in [0.5, 0.6) is 0 Å². The molecule has 0 aromatic carbocycles. The molecule has 0 radical (unpaired) electrons. The van der Waals surface area contributed by atoms with Gasteiger partial charge in [0, 0.05) is 31.4 Å². The van der Waals surface area contributed by atoms with Gasteiger partial charge in [-0.1, -0.05) is 13.0 Å². The molecule has 5 nitrogen and oxygen atoms in total. The molecular formula is C15H25N3O2S. The van der Waals surface area contributed by atoms with E-state index in [-0.39, 0.29) is 5.75 Å². The number of sulfonamides is 1. The molecule has 0 spiro atoms. The van der Waals surface area contributed by atoms with Crippen LogP contribution in [-0.2, 0) is 16.4 Å². The van der Waals surface area contributed by atoms with Crippen LogP contribution in [0.4, 0.5) is 0 Å². The van der Waals surface area contributed by atoms with Crippen molar-refractivity contribution in [2.45, 2.75) is 26.2 Å². The number of aryl methyl sites for hydroxylation is 1. The number of hydrogen-bond acceptors (Lipinski definition) is 4. The second-order valence-electron chi connectivity index (χ2n) is 5.56. The van der Waals surface area contributed by atoms with Crippen LogP contribution in [0, 0.1) is 5.92 Å². The Balaban J connectivity index is 1.89. The predicted molar refractivity (Wildman–Crippen MR) is 84.6 cm³/mol. The third-order valence-corrected chi connectivity index (χ3v) is 5.74. The van der Waals surface area contributed by atoms with Crippen molar-refractivity contribution in [3.05, 3.63) is 30.1 Å². The summed E-state index contributed by atoms with van der Waals surface area (Å²) in [5.41, 5.74) is 0.835. The Labute approximate surface area is 127 Å². The van der Waals surface area contributed by atoms with Crippen LogP contribution < -0.4 is 5.32 Å². The maximum Gasteiger partial charge on any atom is 0.214 e. The molecule has 1 fully saturated rings. The van der Waals surface area contributed by atoms with E-state index in [9.17, 15) is 8.42 Å². The van der Waals surface area contributed by atoms with Crippen LogP contribution in [0.2, 0.25) is 0 Å². The fourth-order valence-corrected chi connectivity index (χ4v) is 4.27. The predicted octanol–water partition coefficient (Wildman–Crippen LogP) is 1.28. The van der Waals surface area contributed by atoms with Crippen LogP contribution in [0.1, 0.15) is 25.5 Å². The van der Waals surface area contributed by atoms with Gasteiger partial charge in [0.1, 0.15) is 0 Å². The molecule has 1 aromatic rings. The molecule has 0 bridgehead atoms. The SMILES string of the molecule is CCNCC1CCCN(S(=O)(=O)CCc2ccccn2)C1. The van der Waals surface area contributed by atoms with Crippen molar-refractivity contribution in [3.8, 4) is 0 Å². The first-order chi connectivity index (χ1) is 10.1. The van der Waals surface area contributed by atoms with E-state index < -0.39 is 10.0 Å². The average Bonchev–Trinajstić information content (AvgIpc) is 2.52. The molecule has 1 saturated heterocycles. The Hall–Kier alpha value is -0.980. The van der Waals surface area contributed by atoms with Gasteiger partial charge < -0.3 is 5.32 Å². The summed E-state index contributed by atoms with van der Waals surface area (Å²) in [5.74, 6) is 0.584. The van der Waals surface area contributed by atoms with E-state index in [1.807, 2.05) is 18.2 Å². The molecule has 2 rings (SSSR count). The molecule has 1 unspecified atom stereocenters. The lowest BCUT2D eigenvalue weighted by atomic mass is 10.00. The Kier molecular flexibility index (Phi) is 6.14. The van der Waals surface area contributed by atoms with E-state index in [4.69, 9.17) is 0 Å². The molecule has 1 aromatic heterocycles. The second kappa shape index (κ2) is 7.87. The third kappa shape index (κ3) is 5.05. The largest absolute Gasteiger partial charge is 0.317 e. The van der Waals surface area contributed by atoms with Gasteiger partial charge in [0.15, 0.2) is 0 Å². The van der Waals surface area contributed by atoms with Gasteiger partial charge in [0.05, 0.1) is 5.75 Å². The van der Waals surface area contributed by atoms with Gasteiger partial charge in [-0.05, 0) is 44.0 Å². The summed E-state index contributed by atoms with van der Waals surface area (Å²) in [4.78, 5) is 4.19. The zero-order chi connectivity index (χ0) is 15.1. The first-order valence-corrected chi connectivity index (χ1v) is 9.31. The Morgan fingerprint density at radius 1 is 1.43 bits per heavy atom. The van der Waals surface area contributed by atoms with Gasteiger partial charge >= 0.3 is 0 Å². The smallest absolute Gasteiger partial charge is 0.214 e. The van der Waals surface area contributed by atoms with Crippen molar-refractivity contribution in [1.29, 1.82) is 0 Å². The molecule has 0 aliphatic carbocycles. The van der Waals surface area contributed by atoms with Crippen molar-refractivity contribution in [2.75, 3.05) is 31.9 Å². The summed E-state index contributed by atoms with van der Waals surface area (Å²) in [7, 11) is -3.17. The normalized spacial score (nSPS) is 20.5. The Bertz CT molecular complexity index is 519. The van der Waals surface area contributed by atoms with Crippen LogP contribution in [0.25, 0.3) is 0 Å². The topological polar surface area (TPSA) is 62.3 Å². The number of pyridine rings is 1. The van der Waals surface area contributed by atoms with Crippen molar-refractivity contribution in [3.63, 3.8) is 0 Å². The zero-order valence-corrected chi connectivity index (χ0v) is 13.5. The number of hydrogen-bond donors (Lipinski definition) is 1. The fourth-order valence-electron chi connectivity index (χ4n) is 2.70. The minimum Gasteiger partial charge on any atom is -0.317 e. The number of nitrogens with one attached hydrogen (secondary N) is 1. The van der Waals surface area contributed by atoms with E-state index in [2.05, 4.69) is 17.2 Å². The lowest BCUT2D eigenvalue weighted by molar-refractivity contribution is 0.261. The number of piperidine rings is 1. The molecule has 1 atom stereocenters. The molecule has 0 amide bonds. The highest BCUT2D eigenvalue weighted by Crippen LogP contribution is 2.19. The summed E-state index contributed by atoms with van der Waals surface area (Å²) in [6.07, 6.45) is 4.25. The van der Waals surface area contributed by atoms with E-state index in [1.54, 1.807) is 10.5 Å². The van der Waals surface area contributed by atoms with Crippen molar-refractivity contribution in [1.82, 2.24) is 14.6 Å². The summed E-state index contributed by atoms with van der Waals surface area (Å²) >= 11 is 0. The highest BCUT2D eigenvalue weighted by molar-refractivity contribution is 7.89. The van der Waals surface area contributed by atoms with Gasteiger partial charge in [0.25, 0.3) is 0 Å². The highest BCUT2D eigenvalue weighted by atomic mass is 32.2. The first-order valence-electron chi connectivity index (χ1n) is 7.70. The maximum atomic E-state index is 12.5. The monoisotopic (exact) mass is 311 g/mol. The fraction of sp³-hybridized carbons (Fsp3) is 0.667. The second-order valence-corrected chi connectivity index (χ2v) is 7.65. The summed E-state index contributed by atoms with van der Waals surface area (Å²) < 4.78 is 26.6. The first kappa shape index (κ1) is 16.4. The molecular weight excluding hydrogens is 286 g/mol. The maximum absolute atomic E-state index is 12.5. The van der Waals surface area contributed by atoms with Gasteiger partial charge in [-0.2, -0.15) is 0 Å². The minimum absolute atomic E-state index is 0.151. The molecule has 1 N–H and O–H groups in total. The average molecular weight is 311 g/mol. The Morgan fingerprint density at radius 3 is 3.00 bits per heavy atom. The van der Waals surface area contributed by atoms with Crippen molar-refractivity contribution >= 4 is 10.0 Å². The molecule has 1 aliphatic rings. The van der Waals surface area contributed by atoms with Crippen LogP contribution in [0.15, 0.2) is 24.4 Å². The lowest BCUT2D eigenvalue weighted by Crippen LogP contribution is -2.44. The lowest BCUT2D eigenvalue weighted by Gasteiger charge is -2.32. The summed E-state index contributed by atoms with van der Waals surface area (Å²) in [6, 6.07) is 5.61. The molecule has 1 aliphatic heterocycles. The molecule has 118 valence electrons. The summed E-state index contributed by atoms with van der Waals surface area (Å²) in [5, 5.41) is 3.32. The molecule has 6 heteroatoms. The van der Waals surface area contributed by atoms with Gasteiger partial charge in [0.2, 0.25) is 10.0 Å². The van der Waals surface area contributed by atoms with E-state index in [0.717, 1.165) is 31.6 Å². The molecule has 0 saturated carbocycles. The standard InChI is InChI=1S/C15H25N3O2S/c1-2-16-12-14-6-5-10-18(13-14)21(19,20)11-8-15-7-3-4-9-17-15/h3-4,7,9,14,16H,2,5-6,8,10-13H2,1H3. The van der Waals surface area contributed by atoms with Gasteiger partial charge in [-0.15, -0.1) is 0 Å². The summed E-state index contributed by atoms with van der Waals surface area (Å²) in [6.45, 7) is 5.22. The molecule has 2 heterocycles. The molecule has 21 heavy (non-hydrogen) atoms. The number of aromatic nitrogens is 1. The van der Waals surface area contributed by atoms with Crippen LogP contribution in [0.3, 0.4) is 0 Å². The highest BCUT2D eigenvalue weighted by Gasteiger charge is 2.28. The van der Waals surface area contributed by atoms with E-state index >= 15 is 0 Å².